The summed E-state index contributed by atoms with van der Waals surface area (Å²) in [6, 6.07) is 0.729. The molecule has 106 valence electrons. The maximum Gasteiger partial charge on any atom is 0.0661 e. The predicted octanol–water partition coefficient (Wildman–Crippen LogP) is 3.75. The Labute approximate surface area is 113 Å². The molecule has 2 fully saturated rings. The van der Waals surface area contributed by atoms with Gasteiger partial charge in [0.15, 0.2) is 0 Å². The monoisotopic (exact) mass is 253 g/mol. The molecule has 2 unspecified atom stereocenters. The molecule has 0 bridgehead atoms. The Morgan fingerprint density at radius 3 is 2.56 bits per heavy atom. The molecule has 2 atom stereocenters. The summed E-state index contributed by atoms with van der Waals surface area (Å²) in [5.41, 5.74) is 0.491. The van der Waals surface area contributed by atoms with Crippen molar-refractivity contribution in [2.24, 2.45) is 11.3 Å². The smallest absolute Gasteiger partial charge is 0.0661 e. The largest absolute Gasteiger partial charge is 0.378 e. The Balaban J connectivity index is 1.86. The van der Waals surface area contributed by atoms with Gasteiger partial charge in [-0.3, -0.25) is 0 Å². The Morgan fingerprint density at radius 2 is 1.94 bits per heavy atom. The molecule has 0 aromatic rings. The molecule has 0 saturated heterocycles. The first-order valence-corrected chi connectivity index (χ1v) is 8.04. The molecule has 0 radical (unpaired) electrons. The standard InChI is InChI=1S/C16H31NO/c1-4-17-14-12-15(18-11-8-13(2)3)16(14)9-6-5-7-10-16/h13-15,17H,4-12H2,1-3H3. The fourth-order valence-corrected chi connectivity index (χ4v) is 3.84. The molecule has 2 saturated carbocycles. The fraction of sp³-hybridized carbons (Fsp3) is 1.00. The number of ether oxygens (including phenoxy) is 1. The second kappa shape index (κ2) is 6.38. The zero-order valence-electron chi connectivity index (χ0n) is 12.5. The van der Waals surface area contributed by atoms with Crippen molar-refractivity contribution >= 4 is 0 Å². The zero-order chi connectivity index (χ0) is 13.0. The van der Waals surface area contributed by atoms with Crippen LogP contribution in [-0.4, -0.2) is 25.3 Å². The van der Waals surface area contributed by atoms with Gasteiger partial charge in [0, 0.05) is 18.1 Å². The molecule has 0 aromatic heterocycles. The van der Waals surface area contributed by atoms with E-state index in [-0.39, 0.29) is 0 Å². The summed E-state index contributed by atoms with van der Waals surface area (Å²) in [7, 11) is 0. The molecule has 2 heteroatoms. The van der Waals surface area contributed by atoms with E-state index in [0.717, 1.165) is 25.1 Å². The third-order valence-corrected chi connectivity index (χ3v) is 5.03. The van der Waals surface area contributed by atoms with E-state index in [2.05, 4.69) is 26.1 Å². The molecule has 2 nitrogen and oxygen atoms in total. The molecular formula is C16H31NO. The maximum atomic E-state index is 6.22. The first-order valence-electron chi connectivity index (χ1n) is 8.04. The van der Waals surface area contributed by atoms with E-state index in [4.69, 9.17) is 4.74 Å². The van der Waals surface area contributed by atoms with Crippen LogP contribution in [0.1, 0.15) is 65.7 Å². The Morgan fingerprint density at radius 1 is 1.22 bits per heavy atom. The van der Waals surface area contributed by atoms with Crippen LogP contribution in [0.5, 0.6) is 0 Å². The van der Waals surface area contributed by atoms with Crippen molar-refractivity contribution in [3.63, 3.8) is 0 Å². The molecule has 1 spiro atoms. The minimum atomic E-state index is 0.491. The van der Waals surface area contributed by atoms with E-state index >= 15 is 0 Å². The van der Waals surface area contributed by atoms with E-state index < -0.39 is 0 Å². The number of hydrogen-bond donors (Lipinski definition) is 1. The summed E-state index contributed by atoms with van der Waals surface area (Å²) in [6.07, 6.45) is 10.0. The van der Waals surface area contributed by atoms with Crippen LogP contribution < -0.4 is 5.32 Å². The van der Waals surface area contributed by atoms with E-state index in [1.807, 2.05) is 0 Å². The van der Waals surface area contributed by atoms with Gasteiger partial charge in [0.25, 0.3) is 0 Å². The lowest BCUT2D eigenvalue weighted by atomic mass is 9.55. The average Bonchev–Trinajstić information content (AvgIpc) is 2.37. The number of rotatable bonds is 6. The molecule has 2 rings (SSSR count). The Bertz CT molecular complexity index is 245. The number of nitrogens with one attached hydrogen (secondary N) is 1. The van der Waals surface area contributed by atoms with Crippen molar-refractivity contribution in [1.82, 2.24) is 5.32 Å². The van der Waals surface area contributed by atoms with Crippen molar-refractivity contribution in [1.29, 1.82) is 0 Å². The Hall–Kier alpha value is -0.0800. The highest BCUT2D eigenvalue weighted by molar-refractivity contribution is 5.08. The van der Waals surface area contributed by atoms with Gasteiger partial charge in [-0.25, -0.2) is 0 Å². The highest BCUT2D eigenvalue weighted by Gasteiger charge is 2.55. The lowest BCUT2D eigenvalue weighted by Crippen LogP contribution is -2.64. The summed E-state index contributed by atoms with van der Waals surface area (Å²) in [5, 5.41) is 3.69. The van der Waals surface area contributed by atoms with Gasteiger partial charge in [0.2, 0.25) is 0 Å². The van der Waals surface area contributed by atoms with E-state index in [9.17, 15) is 0 Å². The maximum absolute atomic E-state index is 6.22. The lowest BCUT2D eigenvalue weighted by Gasteiger charge is -2.58. The average molecular weight is 253 g/mol. The van der Waals surface area contributed by atoms with Crippen LogP contribution in [0.4, 0.5) is 0 Å². The van der Waals surface area contributed by atoms with Gasteiger partial charge in [0.05, 0.1) is 6.10 Å². The Kier molecular flexibility index (Phi) is 5.08. The van der Waals surface area contributed by atoms with E-state index in [1.165, 1.54) is 44.9 Å². The summed E-state index contributed by atoms with van der Waals surface area (Å²) >= 11 is 0. The summed E-state index contributed by atoms with van der Waals surface area (Å²) in [6.45, 7) is 8.85. The zero-order valence-corrected chi connectivity index (χ0v) is 12.5. The van der Waals surface area contributed by atoms with Gasteiger partial charge < -0.3 is 10.1 Å². The lowest BCUT2D eigenvalue weighted by molar-refractivity contribution is -0.153. The van der Waals surface area contributed by atoms with Crippen molar-refractivity contribution in [3.8, 4) is 0 Å². The van der Waals surface area contributed by atoms with E-state index in [0.29, 0.717) is 11.5 Å². The third-order valence-electron chi connectivity index (χ3n) is 5.03. The van der Waals surface area contributed by atoms with Gasteiger partial charge in [0.1, 0.15) is 0 Å². The van der Waals surface area contributed by atoms with Crippen molar-refractivity contribution in [2.75, 3.05) is 13.2 Å². The normalized spacial score (nSPS) is 30.7. The minimum Gasteiger partial charge on any atom is -0.378 e. The van der Waals surface area contributed by atoms with Gasteiger partial charge in [-0.15, -0.1) is 0 Å². The fourth-order valence-electron chi connectivity index (χ4n) is 3.84. The van der Waals surface area contributed by atoms with Gasteiger partial charge in [-0.2, -0.15) is 0 Å². The first-order chi connectivity index (χ1) is 8.69. The molecule has 2 aliphatic rings. The van der Waals surface area contributed by atoms with Crippen molar-refractivity contribution in [3.05, 3.63) is 0 Å². The van der Waals surface area contributed by atoms with Gasteiger partial charge >= 0.3 is 0 Å². The predicted molar refractivity (Wildman–Crippen MR) is 76.8 cm³/mol. The van der Waals surface area contributed by atoms with E-state index in [1.54, 1.807) is 0 Å². The molecule has 0 aromatic carbocycles. The second-order valence-corrected chi connectivity index (χ2v) is 6.68. The highest BCUT2D eigenvalue weighted by Crippen LogP contribution is 2.53. The quantitative estimate of drug-likeness (QED) is 0.778. The second-order valence-electron chi connectivity index (χ2n) is 6.68. The molecular weight excluding hydrogens is 222 g/mol. The van der Waals surface area contributed by atoms with Crippen molar-refractivity contribution in [2.45, 2.75) is 77.9 Å². The molecule has 2 aliphatic carbocycles. The third kappa shape index (κ3) is 2.91. The summed E-state index contributed by atoms with van der Waals surface area (Å²) < 4.78 is 6.22. The van der Waals surface area contributed by atoms with Crippen LogP contribution in [0.3, 0.4) is 0 Å². The summed E-state index contributed by atoms with van der Waals surface area (Å²) in [5.74, 6) is 0.761. The van der Waals surface area contributed by atoms with Crippen LogP contribution >= 0.6 is 0 Å². The first kappa shape index (κ1) is 14.3. The molecule has 0 aliphatic heterocycles. The van der Waals surface area contributed by atoms with Gasteiger partial charge in [-0.1, -0.05) is 40.0 Å². The van der Waals surface area contributed by atoms with Crippen LogP contribution in [0.25, 0.3) is 0 Å². The molecule has 0 heterocycles. The molecule has 18 heavy (non-hydrogen) atoms. The molecule has 1 N–H and O–H groups in total. The number of hydrogen-bond acceptors (Lipinski definition) is 2. The van der Waals surface area contributed by atoms with Crippen LogP contribution in [-0.2, 0) is 4.74 Å². The van der Waals surface area contributed by atoms with Crippen LogP contribution in [0.15, 0.2) is 0 Å². The topological polar surface area (TPSA) is 21.3 Å². The van der Waals surface area contributed by atoms with Gasteiger partial charge in [-0.05, 0) is 38.1 Å². The van der Waals surface area contributed by atoms with Crippen molar-refractivity contribution < 1.29 is 4.74 Å². The minimum absolute atomic E-state index is 0.491. The SMILES string of the molecule is CCNC1CC(OCCC(C)C)C12CCCCC2. The highest BCUT2D eigenvalue weighted by atomic mass is 16.5. The van der Waals surface area contributed by atoms with Crippen LogP contribution in [0, 0.1) is 11.3 Å². The molecule has 0 amide bonds. The van der Waals surface area contributed by atoms with Crippen LogP contribution in [0.2, 0.25) is 0 Å². The summed E-state index contributed by atoms with van der Waals surface area (Å²) in [4.78, 5) is 0.